The maximum Gasteiger partial charge on any atom is 0.304 e. The lowest BCUT2D eigenvalue weighted by Gasteiger charge is -2.03. The number of aromatic amines is 1. The van der Waals surface area contributed by atoms with Crippen molar-refractivity contribution in [2.24, 2.45) is 0 Å². The predicted octanol–water partition coefficient (Wildman–Crippen LogP) is 1.48. The third kappa shape index (κ3) is 4.75. The van der Waals surface area contributed by atoms with Gasteiger partial charge in [0.25, 0.3) is 0 Å². The second-order valence-corrected chi connectivity index (χ2v) is 8.03. The standard InChI is InChI=1S/C12H17N3O3S3/c1-2-3-13-6-10-4-11(8-19-10)21(17,18)14-5-9-7-20-12(16)15-9/h4,7-8,13-14H,2-3,5-6H2,1H3,(H,15,16). The third-order valence-corrected chi connectivity index (χ3v) is 5.87. The molecule has 0 atom stereocenters. The first-order chi connectivity index (χ1) is 10.0. The summed E-state index contributed by atoms with van der Waals surface area (Å²) in [5.74, 6) is 0. The van der Waals surface area contributed by atoms with Crippen LogP contribution in [0.2, 0.25) is 0 Å². The molecule has 3 N–H and O–H groups in total. The SMILES string of the molecule is CCCNCc1cc(S(=O)(=O)NCc2csc(=O)[nH]2)cs1. The number of thiazole rings is 1. The molecule has 0 saturated heterocycles. The zero-order chi connectivity index (χ0) is 15.3. The van der Waals surface area contributed by atoms with E-state index in [4.69, 9.17) is 0 Å². The molecular formula is C12H17N3O3S3. The number of thiophene rings is 1. The van der Waals surface area contributed by atoms with Gasteiger partial charge in [0.1, 0.15) is 0 Å². The highest BCUT2D eigenvalue weighted by Crippen LogP contribution is 2.19. The first-order valence-corrected chi connectivity index (χ1v) is 9.70. The summed E-state index contributed by atoms with van der Waals surface area (Å²) in [6.07, 6.45) is 1.04. The fourth-order valence-corrected chi connectivity index (χ4v) is 4.47. The van der Waals surface area contributed by atoms with Gasteiger partial charge < -0.3 is 10.3 Å². The normalized spacial score (nSPS) is 11.9. The molecule has 0 spiro atoms. The van der Waals surface area contributed by atoms with E-state index < -0.39 is 10.0 Å². The number of rotatable bonds is 8. The summed E-state index contributed by atoms with van der Waals surface area (Å²) in [6.45, 7) is 3.74. The van der Waals surface area contributed by atoms with Crippen LogP contribution in [0.5, 0.6) is 0 Å². The fourth-order valence-electron chi connectivity index (χ4n) is 1.64. The Morgan fingerprint density at radius 1 is 1.24 bits per heavy atom. The Kier molecular flexibility index (Phi) is 5.71. The Labute approximate surface area is 131 Å². The van der Waals surface area contributed by atoms with Gasteiger partial charge in [0.15, 0.2) is 0 Å². The summed E-state index contributed by atoms with van der Waals surface area (Å²) in [7, 11) is -3.54. The lowest BCUT2D eigenvalue weighted by Crippen LogP contribution is -2.23. The molecule has 2 rings (SSSR count). The van der Waals surface area contributed by atoms with Gasteiger partial charge in [-0.15, -0.1) is 11.3 Å². The minimum atomic E-state index is -3.54. The van der Waals surface area contributed by atoms with Crippen LogP contribution in [0.25, 0.3) is 0 Å². The van der Waals surface area contributed by atoms with Crippen LogP contribution in [0.15, 0.2) is 26.5 Å². The van der Waals surface area contributed by atoms with E-state index in [1.165, 1.54) is 11.3 Å². The molecule has 0 aliphatic carbocycles. The van der Waals surface area contributed by atoms with Crippen molar-refractivity contribution in [2.75, 3.05) is 6.54 Å². The first-order valence-electron chi connectivity index (χ1n) is 6.45. The van der Waals surface area contributed by atoms with Crippen LogP contribution in [-0.4, -0.2) is 19.9 Å². The van der Waals surface area contributed by atoms with E-state index in [0.717, 1.165) is 29.2 Å². The van der Waals surface area contributed by atoms with Crippen molar-refractivity contribution < 1.29 is 8.42 Å². The van der Waals surface area contributed by atoms with E-state index in [1.54, 1.807) is 16.8 Å². The van der Waals surface area contributed by atoms with Crippen LogP contribution in [0.4, 0.5) is 0 Å². The second-order valence-electron chi connectivity index (χ2n) is 4.42. The fraction of sp³-hybridized carbons (Fsp3) is 0.417. The predicted molar refractivity (Wildman–Crippen MR) is 85.3 cm³/mol. The number of H-pyrrole nitrogens is 1. The van der Waals surface area contributed by atoms with Crippen LogP contribution >= 0.6 is 22.7 Å². The van der Waals surface area contributed by atoms with Crippen molar-refractivity contribution in [3.05, 3.63) is 37.1 Å². The molecule has 0 amide bonds. The summed E-state index contributed by atoms with van der Waals surface area (Å²) in [5, 5.41) is 6.47. The maximum absolute atomic E-state index is 12.1. The van der Waals surface area contributed by atoms with E-state index in [2.05, 4.69) is 21.9 Å². The highest BCUT2D eigenvalue weighted by Gasteiger charge is 2.16. The summed E-state index contributed by atoms with van der Waals surface area (Å²) in [4.78, 5) is 14.6. The summed E-state index contributed by atoms with van der Waals surface area (Å²) < 4.78 is 26.8. The Bertz CT molecular complexity index is 730. The quantitative estimate of drug-likeness (QED) is 0.631. The summed E-state index contributed by atoms with van der Waals surface area (Å²) >= 11 is 2.43. The molecule has 0 unspecified atom stereocenters. The largest absolute Gasteiger partial charge is 0.315 e. The number of nitrogens with one attached hydrogen (secondary N) is 3. The van der Waals surface area contributed by atoms with Crippen molar-refractivity contribution in [2.45, 2.75) is 31.3 Å². The second kappa shape index (κ2) is 7.32. The van der Waals surface area contributed by atoms with Crippen molar-refractivity contribution >= 4 is 32.7 Å². The minimum absolute atomic E-state index is 0.0837. The van der Waals surface area contributed by atoms with Gasteiger partial charge in [0.2, 0.25) is 10.0 Å². The number of hydrogen-bond donors (Lipinski definition) is 3. The van der Waals surface area contributed by atoms with E-state index in [-0.39, 0.29) is 16.3 Å². The first kappa shape index (κ1) is 16.4. The molecule has 116 valence electrons. The Hall–Kier alpha value is -1.00. The van der Waals surface area contributed by atoms with E-state index in [0.29, 0.717) is 12.2 Å². The van der Waals surface area contributed by atoms with E-state index in [9.17, 15) is 13.2 Å². The number of hydrogen-bond acceptors (Lipinski definition) is 6. The van der Waals surface area contributed by atoms with Crippen molar-refractivity contribution in [3.8, 4) is 0 Å². The average Bonchev–Trinajstić information content (AvgIpc) is 3.06. The van der Waals surface area contributed by atoms with Gasteiger partial charge >= 0.3 is 4.87 Å². The van der Waals surface area contributed by atoms with Gasteiger partial charge in [-0.1, -0.05) is 18.3 Å². The van der Waals surface area contributed by atoms with Crippen LogP contribution in [0.3, 0.4) is 0 Å². The molecule has 21 heavy (non-hydrogen) atoms. The topological polar surface area (TPSA) is 91.1 Å². The molecule has 0 aromatic carbocycles. The minimum Gasteiger partial charge on any atom is -0.315 e. The molecule has 2 aromatic heterocycles. The molecule has 9 heteroatoms. The molecule has 2 aromatic rings. The Balaban J connectivity index is 1.97. The molecule has 0 saturated carbocycles. The van der Waals surface area contributed by atoms with Gasteiger partial charge in [0.05, 0.1) is 11.4 Å². The van der Waals surface area contributed by atoms with E-state index >= 15 is 0 Å². The molecule has 0 radical (unpaired) electrons. The molecule has 2 heterocycles. The van der Waals surface area contributed by atoms with Gasteiger partial charge in [-0.2, -0.15) is 0 Å². The van der Waals surface area contributed by atoms with Gasteiger partial charge in [-0.05, 0) is 19.0 Å². The smallest absolute Gasteiger partial charge is 0.304 e. The van der Waals surface area contributed by atoms with Crippen LogP contribution in [-0.2, 0) is 23.1 Å². The highest BCUT2D eigenvalue weighted by molar-refractivity contribution is 7.89. The van der Waals surface area contributed by atoms with Crippen molar-refractivity contribution in [3.63, 3.8) is 0 Å². The zero-order valence-electron chi connectivity index (χ0n) is 11.5. The molecule has 6 nitrogen and oxygen atoms in total. The lowest BCUT2D eigenvalue weighted by atomic mass is 10.4. The molecule has 0 aliphatic rings. The summed E-state index contributed by atoms with van der Waals surface area (Å²) in [5.41, 5.74) is 0.564. The van der Waals surface area contributed by atoms with E-state index in [1.807, 2.05) is 0 Å². The van der Waals surface area contributed by atoms with Gasteiger partial charge in [-0.3, -0.25) is 4.79 Å². The lowest BCUT2D eigenvalue weighted by molar-refractivity contribution is 0.581. The molecule has 0 aliphatic heterocycles. The van der Waals surface area contributed by atoms with Crippen LogP contribution < -0.4 is 14.9 Å². The molecular weight excluding hydrogens is 330 g/mol. The molecule has 0 fully saturated rings. The van der Waals surface area contributed by atoms with Crippen molar-refractivity contribution in [1.82, 2.24) is 15.0 Å². The van der Waals surface area contributed by atoms with Gasteiger partial charge in [-0.25, -0.2) is 13.1 Å². The maximum atomic E-state index is 12.1. The Morgan fingerprint density at radius 2 is 2.05 bits per heavy atom. The van der Waals surface area contributed by atoms with Crippen LogP contribution in [0.1, 0.15) is 23.9 Å². The monoisotopic (exact) mass is 347 g/mol. The average molecular weight is 347 g/mol. The van der Waals surface area contributed by atoms with Crippen molar-refractivity contribution in [1.29, 1.82) is 0 Å². The summed E-state index contributed by atoms with van der Waals surface area (Å²) in [6, 6.07) is 1.67. The third-order valence-electron chi connectivity index (χ3n) is 2.69. The zero-order valence-corrected chi connectivity index (χ0v) is 14.0. The Morgan fingerprint density at radius 3 is 2.71 bits per heavy atom. The number of aromatic nitrogens is 1. The number of sulfonamides is 1. The highest BCUT2D eigenvalue weighted by atomic mass is 32.2. The van der Waals surface area contributed by atoms with Crippen LogP contribution in [0, 0.1) is 0 Å². The van der Waals surface area contributed by atoms with Gasteiger partial charge in [0, 0.05) is 27.9 Å². The molecule has 0 bridgehead atoms.